The largest absolute Gasteiger partial charge is 0.507 e. The highest BCUT2D eigenvalue weighted by atomic mass is 16.6. The molecule has 1 aromatic carbocycles. The fraction of sp³-hybridized carbons (Fsp3) is 0.231. The summed E-state index contributed by atoms with van der Waals surface area (Å²) in [5.74, 6) is -1.03. The van der Waals surface area contributed by atoms with Gasteiger partial charge in [-0.2, -0.15) is 0 Å². The molecule has 6 nitrogen and oxygen atoms in total. The van der Waals surface area contributed by atoms with Crippen LogP contribution in [0.3, 0.4) is 0 Å². The molecular formula is C13H11NO5. The zero-order valence-corrected chi connectivity index (χ0v) is 9.74. The molecule has 19 heavy (non-hydrogen) atoms. The Morgan fingerprint density at radius 3 is 2.79 bits per heavy atom. The Labute approximate surface area is 108 Å². The molecule has 1 aromatic rings. The Bertz CT molecular complexity index is 594. The summed E-state index contributed by atoms with van der Waals surface area (Å²) in [6.07, 6.45) is -1.02. The zero-order valence-electron chi connectivity index (χ0n) is 9.74. The van der Waals surface area contributed by atoms with Gasteiger partial charge in [0.05, 0.1) is 11.3 Å². The number of para-hydroxylation sites is 1. The summed E-state index contributed by atoms with van der Waals surface area (Å²) in [7, 11) is 0. The number of ketones is 1. The van der Waals surface area contributed by atoms with Gasteiger partial charge in [0.2, 0.25) is 0 Å². The molecule has 3 N–H and O–H groups in total. The first-order valence-electron chi connectivity index (χ1n) is 5.76. The van der Waals surface area contributed by atoms with Gasteiger partial charge < -0.3 is 20.3 Å². The average molecular weight is 261 g/mol. The fourth-order valence-corrected chi connectivity index (χ4v) is 2.06. The summed E-state index contributed by atoms with van der Waals surface area (Å²) < 4.78 is 4.99. The van der Waals surface area contributed by atoms with Crippen molar-refractivity contribution in [3.05, 3.63) is 41.6 Å². The summed E-state index contributed by atoms with van der Waals surface area (Å²) in [4.78, 5) is 23.4. The summed E-state index contributed by atoms with van der Waals surface area (Å²) >= 11 is 0. The Morgan fingerprint density at radius 1 is 1.32 bits per heavy atom. The quantitative estimate of drug-likeness (QED) is 0.636. The third kappa shape index (κ3) is 2.00. The van der Waals surface area contributed by atoms with Crippen LogP contribution in [0.2, 0.25) is 0 Å². The minimum Gasteiger partial charge on any atom is -0.507 e. The smallest absolute Gasteiger partial charge is 0.259 e. The number of ether oxygens (including phenoxy) is 1. The fourth-order valence-electron chi connectivity index (χ4n) is 2.06. The third-order valence-corrected chi connectivity index (χ3v) is 3.14. The minimum absolute atomic E-state index is 0.0712. The molecule has 3 atom stereocenters. The molecule has 0 unspecified atom stereocenters. The predicted octanol–water partition coefficient (Wildman–Crippen LogP) is -0.283. The summed E-state index contributed by atoms with van der Waals surface area (Å²) in [5.41, 5.74) is 0.166. The Morgan fingerprint density at radius 2 is 2.05 bits per heavy atom. The molecule has 1 saturated heterocycles. The van der Waals surface area contributed by atoms with Gasteiger partial charge in [-0.3, -0.25) is 9.59 Å². The van der Waals surface area contributed by atoms with Crippen LogP contribution in [-0.2, 0) is 9.53 Å². The highest BCUT2D eigenvalue weighted by molar-refractivity contribution is 6.01. The van der Waals surface area contributed by atoms with Crippen LogP contribution in [0.25, 0.3) is 0 Å². The van der Waals surface area contributed by atoms with E-state index in [4.69, 9.17) is 4.74 Å². The van der Waals surface area contributed by atoms with Crippen LogP contribution >= 0.6 is 0 Å². The van der Waals surface area contributed by atoms with Crippen molar-refractivity contribution in [2.45, 2.75) is 18.3 Å². The molecule has 3 rings (SSSR count). The van der Waals surface area contributed by atoms with Crippen molar-refractivity contribution in [2.75, 3.05) is 0 Å². The number of carbonyl (C=O) groups excluding carboxylic acids is 2. The van der Waals surface area contributed by atoms with E-state index < -0.39 is 24.2 Å². The monoisotopic (exact) mass is 261 g/mol. The summed E-state index contributed by atoms with van der Waals surface area (Å²) in [6, 6.07) is 6.02. The molecule has 1 heterocycles. The maximum absolute atomic E-state index is 11.9. The number of nitrogens with one attached hydrogen (secondary N) is 1. The summed E-state index contributed by atoms with van der Waals surface area (Å²) in [5, 5.41) is 21.8. The molecular weight excluding hydrogens is 250 g/mol. The number of aliphatic hydroxyl groups is 1. The van der Waals surface area contributed by atoms with Crippen LogP contribution < -0.4 is 5.32 Å². The number of amides is 1. The van der Waals surface area contributed by atoms with Crippen molar-refractivity contribution in [3.8, 4) is 5.75 Å². The number of fused-ring (bicyclic) bond motifs is 1. The van der Waals surface area contributed by atoms with Crippen LogP contribution in [-0.4, -0.2) is 40.2 Å². The van der Waals surface area contributed by atoms with Crippen LogP contribution in [0.1, 0.15) is 10.4 Å². The lowest BCUT2D eigenvalue weighted by Gasteiger charge is -2.17. The van der Waals surface area contributed by atoms with Crippen molar-refractivity contribution in [3.63, 3.8) is 0 Å². The number of phenolic OH excluding ortho intramolecular Hbond substituents is 1. The number of aliphatic hydroxyl groups excluding tert-OH is 1. The molecule has 0 radical (unpaired) electrons. The van der Waals surface area contributed by atoms with E-state index in [1.54, 1.807) is 12.1 Å². The van der Waals surface area contributed by atoms with Gasteiger partial charge in [-0.25, -0.2) is 0 Å². The van der Waals surface area contributed by atoms with Crippen LogP contribution in [0, 0.1) is 0 Å². The molecule has 2 aliphatic rings. The van der Waals surface area contributed by atoms with E-state index in [0.717, 1.165) is 6.08 Å². The van der Waals surface area contributed by atoms with E-state index in [-0.39, 0.29) is 22.8 Å². The SMILES string of the molecule is O=C(NC1=CC(=O)[C@@H]2O[C@H]2[C@H]1O)c1ccccc1O. The molecule has 0 spiro atoms. The molecule has 1 aliphatic heterocycles. The van der Waals surface area contributed by atoms with Crippen molar-refractivity contribution in [1.29, 1.82) is 0 Å². The van der Waals surface area contributed by atoms with Gasteiger partial charge in [-0.1, -0.05) is 12.1 Å². The van der Waals surface area contributed by atoms with E-state index in [0.29, 0.717) is 0 Å². The minimum atomic E-state index is -1.03. The maximum Gasteiger partial charge on any atom is 0.259 e. The number of hydrogen-bond acceptors (Lipinski definition) is 5. The van der Waals surface area contributed by atoms with Crippen molar-refractivity contribution >= 4 is 11.7 Å². The lowest BCUT2D eigenvalue weighted by atomic mass is 10.0. The van der Waals surface area contributed by atoms with E-state index in [9.17, 15) is 19.8 Å². The third-order valence-electron chi connectivity index (χ3n) is 3.14. The van der Waals surface area contributed by atoms with Crippen molar-refractivity contribution < 1.29 is 24.5 Å². The van der Waals surface area contributed by atoms with Crippen LogP contribution in [0.5, 0.6) is 5.75 Å². The zero-order chi connectivity index (χ0) is 13.6. The highest BCUT2D eigenvalue weighted by Crippen LogP contribution is 2.33. The Balaban J connectivity index is 1.80. The Hall–Kier alpha value is -2.18. The van der Waals surface area contributed by atoms with Crippen molar-refractivity contribution in [1.82, 2.24) is 5.32 Å². The number of phenols is 1. The molecule has 1 amide bonds. The highest BCUT2D eigenvalue weighted by Gasteiger charge is 2.53. The van der Waals surface area contributed by atoms with Crippen molar-refractivity contribution in [2.24, 2.45) is 0 Å². The lowest BCUT2D eigenvalue weighted by Crippen LogP contribution is -2.37. The molecule has 0 bridgehead atoms. The second-order valence-corrected chi connectivity index (χ2v) is 4.44. The number of rotatable bonds is 2. The Kier molecular flexibility index (Phi) is 2.62. The van der Waals surface area contributed by atoms with Gasteiger partial charge >= 0.3 is 0 Å². The second kappa shape index (κ2) is 4.18. The van der Waals surface area contributed by atoms with Gasteiger partial charge in [0, 0.05) is 6.08 Å². The molecule has 98 valence electrons. The van der Waals surface area contributed by atoms with E-state index in [1.165, 1.54) is 12.1 Å². The first kappa shape index (κ1) is 11.9. The molecule has 6 heteroatoms. The molecule has 0 aromatic heterocycles. The number of epoxide rings is 1. The standard InChI is InChI=1S/C13H11NO5/c15-8-4-2-1-3-6(8)13(18)14-7-5-9(16)11-12(19-11)10(7)17/h1-5,10-12,15,17H,(H,14,18)/t10-,11-,12-/m0/s1. The van der Waals surface area contributed by atoms with Gasteiger partial charge in [-0.05, 0) is 12.1 Å². The van der Waals surface area contributed by atoms with Gasteiger partial charge in [0.15, 0.2) is 5.78 Å². The van der Waals surface area contributed by atoms with Gasteiger partial charge in [-0.15, -0.1) is 0 Å². The van der Waals surface area contributed by atoms with Gasteiger partial charge in [0.25, 0.3) is 5.91 Å². The van der Waals surface area contributed by atoms with E-state index in [2.05, 4.69) is 5.32 Å². The average Bonchev–Trinajstić information content (AvgIpc) is 3.17. The number of aromatic hydroxyl groups is 1. The van der Waals surface area contributed by atoms with Crippen LogP contribution in [0.4, 0.5) is 0 Å². The number of hydrogen-bond donors (Lipinski definition) is 3. The number of carbonyl (C=O) groups is 2. The lowest BCUT2D eigenvalue weighted by molar-refractivity contribution is -0.116. The first-order chi connectivity index (χ1) is 9.08. The van der Waals surface area contributed by atoms with E-state index in [1.807, 2.05) is 0 Å². The normalized spacial score (nSPS) is 28.4. The maximum atomic E-state index is 11.9. The molecule has 0 saturated carbocycles. The second-order valence-electron chi connectivity index (χ2n) is 4.44. The predicted molar refractivity (Wildman–Crippen MR) is 63.3 cm³/mol. The van der Waals surface area contributed by atoms with E-state index >= 15 is 0 Å². The van der Waals surface area contributed by atoms with Gasteiger partial charge in [0.1, 0.15) is 24.1 Å². The topological polar surface area (TPSA) is 99.2 Å². The molecule has 1 fully saturated rings. The first-order valence-corrected chi connectivity index (χ1v) is 5.76. The van der Waals surface area contributed by atoms with Crippen LogP contribution in [0.15, 0.2) is 36.0 Å². The summed E-state index contributed by atoms with van der Waals surface area (Å²) in [6.45, 7) is 0. The molecule has 1 aliphatic carbocycles. The number of benzene rings is 1.